The third-order valence-electron chi connectivity index (χ3n) is 8.71. The molecule has 0 spiro atoms. The molecule has 2 saturated carbocycles. The molecule has 0 amide bonds. The van der Waals surface area contributed by atoms with E-state index in [2.05, 4.69) is 26.8 Å². The van der Waals surface area contributed by atoms with Crippen molar-refractivity contribution < 1.29 is 28.6 Å². The first-order valence-corrected chi connectivity index (χ1v) is 12.0. The number of allylic oxidation sites excluding steroid dienone is 1. The lowest BCUT2D eigenvalue weighted by Crippen LogP contribution is -2.53. The summed E-state index contributed by atoms with van der Waals surface area (Å²) in [6, 6.07) is 0. The predicted octanol–water partition coefficient (Wildman–Crippen LogP) is 4.99. The van der Waals surface area contributed by atoms with Crippen molar-refractivity contribution in [1.82, 2.24) is 0 Å². The minimum Gasteiger partial charge on any atom is -0.465 e. The van der Waals surface area contributed by atoms with Crippen molar-refractivity contribution in [3.8, 4) is 0 Å². The van der Waals surface area contributed by atoms with Crippen molar-refractivity contribution in [3.05, 3.63) is 11.6 Å². The van der Waals surface area contributed by atoms with Crippen LogP contribution in [0.25, 0.3) is 0 Å². The van der Waals surface area contributed by atoms with E-state index in [-0.39, 0.29) is 40.8 Å². The first kappa shape index (κ1) is 24.8. The first-order chi connectivity index (χ1) is 14.9. The second-order valence-electron chi connectivity index (χ2n) is 11.1. The normalized spacial score (nSPS) is 37.2. The molecule has 2 fully saturated rings. The Balaban J connectivity index is 1.83. The number of hydrogen-bond donors (Lipinski definition) is 0. The van der Waals surface area contributed by atoms with E-state index in [0.717, 1.165) is 38.5 Å². The second-order valence-corrected chi connectivity index (χ2v) is 11.1. The molecule has 0 aromatic heterocycles. The van der Waals surface area contributed by atoms with E-state index in [1.807, 2.05) is 0 Å². The first-order valence-electron chi connectivity index (χ1n) is 12.0. The molecular formula is C26H40O6. The van der Waals surface area contributed by atoms with Gasteiger partial charge in [-0.1, -0.05) is 38.8 Å². The lowest BCUT2D eigenvalue weighted by Gasteiger charge is -2.59. The van der Waals surface area contributed by atoms with Crippen LogP contribution in [-0.4, -0.2) is 37.2 Å². The van der Waals surface area contributed by atoms with Crippen molar-refractivity contribution in [2.24, 2.45) is 28.1 Å². The zero-order chi connectivity index (χ0) is 23.7. The molecule has 6 atom stereocenters. The van der Waals surface area contributed by atoms with Crippen molar-refractivity contribution >= 4 is 17.9 Å². The number of carbonyl (C=O) groups is 3. The van der Waals surface area contributed by atoms with Gasteiger partial charge in [0.1, 0.15) is 19.3 Å². The fraction of sp³-hybridized carbons (Fsp3) is 0.808. The maximum absolute atomic E-state index is 11.8. The number of ether oxygens (including phenoxy) is 3. The minimum absolute atomic E-state index is 0.0844. The minimum atomic E-state index is -0.431. The average Bonchev–Trinajstić information content (AvgIpc) is 2.70. The predicted molar refractivity (Wildman–Crippen MR) is 121 cm³/mol. The van der Waals surface area contributed by atoms with Crippen LogP contribution >= 0.6 is 0 Å². The highest BCUT2D eigenvalue weighted by atomic mass is 16.6. The Morgan fingerprint density at radius 3 is 2.31 bits per heavy atom. The summed E-state index contributed by atoms with van der Waals surface area (Å²) in [5, 5.41) is 0. The Labute approximate surface area is 192 Å². The second kappa shape index (κ2) is 9.18. The maximum Gasteiger partial charge on any atom is 0.303 e. The Kier molecular flexibility index (Phi) is 7.11. The molecule has 0 heterocycles. The zero-order valence-corrected chi connectivity index (χ0v) is 20.6. The van der Waals surface area contributed by atoms with E-state index in [4.69, 9.17) is 14.2 Å². The van der Waals surface area contributed by atoms with Gasteiger partial charge in [0.15, 0.2) is 0 Å². The zero-order valence-electron chi connectivity index (χ0n) is 20.6. The highest BCUT2D eigenvalue weighted by Gasteiger charge is 2.56. The average molecular weight is 449 g/mol. The number of esters is 3. The SMILES string of the molecule is CC(=O)OC[C@@H](OC(C)=O)[C@@]1(C)CC[C@@]2(C)[C@@H](CC=C3[C@@H]2CCC[C@]3(C)COC(C)=O)C1. The Hall–Kier alpha value is -1.85. The van der Waals surface area contributed by atoms with Gasteiger partial charge in [-0.2, -0.15) is 0 Å². The van der Waals surface area contributed by atoms with Gasteiger partial charge in [-0.15, -0.1) is 0 Å². The number of fused-ring (bicyclic) bond motifs is 3. The molecule has 0 radical (unpaired) electrons. The maximum atomic E-state index is 11.8. The van der Waals surface area contributed by atoms with Gasteiger partial charge in [-0.3, -0.25) is 14.4 Å². The van der Waals surface area contributed by atoms with Crippen molar-refractivity contribution in [2.45, 2.75) is 92.6 Å². The Bertz CT molecular complexity index is 787. The summed E-state index contributed by atoms with van der Waals surface area (Å²) in [4.78, 5) is 34.7. The monoisotopic (exact) mass is 448 g/mol. The van der Waals surface area contributed by atoms with Crippen LogP contribution in [0.3, 0.4) is 0 Å². The van der Waals surface area contributed by atoms with Crippen LogP contribution in [0.4, 0.5) is 0 Å². The molecule has 0 bridgehead atoms. The molecule has 3 aliphatic rings. The van der Waals surface area contributed by atoms with Crippen LogP contribution in [0.15, 0.2) is 11.6 Å². The van der Waals surface area contributed by atoms with Crippen molar-refractivity contribution in [3.63, 3.8) is 0 Å². The van der Waals surface area contributed by atoms with E-state index >= 15 is 0 Å². The van der Waals surface area contributed by atoms with Crippen molar-refractivity contribution in [1.29, 1.82) is 0 Å². The molecule has 6 nitrogen and oxygen atoms in total. The molecule has 3 rings (SSSR count). The fourth-order valence-electron chi connectivity index (χ4n) is 6.71. The van der Waals surface area contributed by atoms with Gasteiger partial charge in [0.05, 0.1) is 0 Å². The summed E-state index contributed by atoms with van der Waals surface area (Å²) >= 11 is 0. The molecule has 0 aromatic carbocycles. The van der Waals surface area contributed by atoms with Gasteiger partial charge in [0.2, 0.25) is 0 Å². The van der Waals surface area contributed by atoms with Crippen LogP contribution in [0.5, 0.6) is 0 Å². The molecule has 0 N–H and O–H groups in total. The van der Waals surface area contributed by atoms with Gasteiger partial charge in [0.25, 0.3) is 0 Å². The highest BCUT2D eigenvalue weighted by molar-refractivity contribution is 5.67. The molecular weight excluding hydrogens is 408 g/mol. The molecule has 0 aliphatic heterocycles. The summed E-state index contributed by atoms with van der Waals surface area (Å²) < 4.78 is 16.4. The van der Waals surface area contributed by atoms with E-state index in [1.165, 1.54) is 32.8 Å². The van der Waals surface area contributed by atoms with Gasteiger partial charge >= 0.3 is 17.9 Å². The summed E-state index contributed by atoms with van der Waals surface area (Å²) in [5.41, 5.74) is 1.33. The van der Waals surface area contributed by atoms with Crippen LogP contribution in [-0.2, 0) is 28.6 Å². The smallest absolute Gasteiger partial charge is 0.303 e. The number of hydrogen-bond acceptors (Lipinski definition) is 6. The lowest BCUT2D eigenvalue weighted by molar-refractivity contribution is -0.172. The Morgan fingerprint density at radius 2 is 1.69 bits per heavy atom. The van der Waals surface area contributed by atoms with Crippen LogP contribution in [0.2, 0.25) is 0 Å². The van der Waals surface area contributed by atoms with Gasteiger partial charge < -0.3 is 14.2 Å². The van der Waals surface area contributed by atoms with E-state index in [1.54, 1.807) is 0 Å². The summed E-state index contributed by atoms with van der Waals surface area (Å²) in [6.07, 6.45) is 9.22. The third-order valence-corrected chi connectivity index (χ3v) is 8.71. The molecule has 180 valence electrons. The van der Waals surface area contributed by atoms with Gasteiger partial charge in [-0.05, 0) is 55.8 Å². The van der Waals surface area contributed by atoms with E-state index in [9.17, 15) is 14.4 Å². The van der Waals surface area contributed by atoms with Gasteiger partial charge in [0, 0.05) is 31.6 Å². The molecule has 6 heteroatoms. The molecule has 0 unspecified atom stereocenters. The van der Waals surface area contributed by atoms with Crippen molar-refractivity contribution in [2.75, 3.05) is 13.2 Å². The number of carbonyl (C=O) groups excluding carboxylic acids is 3. The molecule has 3 aliphatic carbocycles. The lowest BCUT2D eigenvalue weighted by atomic mass is 9.46. The summed E-state index contributed by atoms with van der Waals surface area (Å²) in [7, 11) is 0. The van der Waals surface area contributed by atoms with Crippen LogP contribution in [0, 0.1) is 28.1 Å². The largest absolute Gasteiger partial charge is 0.465 e. The quantitative estimate of drug-likeness (QED) is 0.323. The van der Waals surface area contributed by atoms with E-state index < -0.39 is 6.10 Å². The highest BCUT2D eigenvalue weighted by Crippen LogP contribution is 2.63. The topological polar surface area (TPSA) is 78.9 Å². The molecule has 0 saturated heterocycles. The Morgan fingerprint density at radius 1 is 1.00 bits per heavy atom. The fourth-order valence-corrected chi connectivity index (χ4v) is 6.71. The molecule has 0 aromatic rings. The third kappa shape index (κ3) is 4.89. The van der Waals surface area contributed by atoms with E-state index in [0.29, 0.717) is 18.4 Å². The summed E-state index contributed by atoms with van der Waals surface area (Å²) in [6.45, 7) is 11.7. The standard InChI is InChI=1S/C26H40O6/c1-17(27)30-15-23(32-19(3)29)24(4)12-13-26(6)20(14-24)9-10-21-22(26)8-7-11-25(21,5)16-31-18(2)28/h10,20,22-23H,7-9,11-16H2,1-6H3/t20-,22-,23+,24-,25+,26-/m0/s1. The number of rotatable bonds is 6. The van der Waals surface area contributed by atoms with Crippen LogP contribution in [0.1, 0.15) is 86.5 Å². The molecule has 32 heavy (non-hydrogen) atoms. The van der Waals surface area contributed by atoms with Gasteiger partial charge in [-0.25, -0.2) is 0 Å². The summed E-state index contributed by atoms with van der Waals surface area (Å²) in [5.74, 6) is 0.0516. The van der Waals surface area contributed by atoms with Crippen LogP contribution < -0.4 is 0 Å².